The predicted molar refractivity (Wildman–Crippen MR) is 79.3 cm³/mol. The van der Waals surface area contributed by atoms with Crippen molar-refractivity contribution in [1.82, 2.24) is 15.1 Å². The lowest BCUT2D eigenvalue weighted by Crippen LogP contribution is -2.41. The minimum absolute atomic E-state index is 0.126. The Morgan fingerprint density at radius 2 is 2.11 bits per heavy atom. The molecule has 1 aliphatic heterocycles. The van der Waals surface area contributed by atoms with Gasteiger partial charge in [0.25, 0.3) is 0 Å². The number of likely N-dealkylation sites (tertiary alicyclic amines) is 1. The smallest absolute Gasteiger partial charge is 0.223 e. The zero-order valence-electron chi connectivity index (χ0n) is 13.0. The third kappa shape index (κ3) is 5.09. The van der Waals surface area contributed by atoms with Gasteiger partial charge in [-0.25, -0.2) is 0 Å². The molecule has 0 aromatic carbocycles. The second-order valence-corrected chi connectivity index (χ2v) is 6.11. The summed E-state index contributed by atoms with van der Waals surface area (Å²) in [6.07, 6.45) is 1.66. The van der Waals surface area contributed by atoms with E-state index in [2.05, 4.69) is 36.0 Å². The van der Waals surface area contributed by atoms with E-state index in [0.29, 0.717) is 18.4 Å². The van der Waals surface area contributed by atoms with Gasteiger partial charge in [0, 0.05) is 40.2 Å². The van der Waals surface area contributed by atoms with Crippen molar-refractivity contribution in [2.24, 2.45) is 10.4 Å². The van der Waals surface area contributed by atoms with E-state index in [0.717, 1.165) is 25.6 Å². The van der Waals surface area contributed by atoms with Crippen LogP contribution in [0.2, 0.25) is 0 Å². The second kappa shape index (κ2) is 6.78. The molecule has 1 aliphatic rings. The highest BCUT2D eigenvalue weighted by molar-refractivity contribution is 5.81. The van der Waals surface area contributed by atoms with Gasteiger partial charge < -0.3 is 15.1 Å². The summed E-state index contributed by atoms with van der Waals surface area (Å²) in [6, 6.07) is 0. The number of aliphatic imine (C=N–C) groups is 1. The van der Waals surface area contributed by atoms with E-state index in [-0.39, 0.29) is 5.91 Å². The quantitative estimate of drug-likeness (QED) is 0.615. The van der Waals surface area contributed by atoms with E-state index < -0.39 is 0 Å². The van der Waals surface area contributed by atoms with Gasteiger partial charge >= 0.3 is 0 Å². The van der Waals surface area contributed by atoms with E-state index >= 15 is 0 Å². The number of hydrogen-bond acceptors (Lipinski definition) is 2. The van der Waals surface area contributed by atoms with Crippen molar-refractivity contribution in [3.8, 4) is 0 Å². The van der Waals surface area contributed by atoms with Crippen LogP contribution in [0.5, 0.6) is 0 Å². The molecular formula is C14H28N4O. The lowest BCUT2D eigenvalue weighted by atomic mass is 9.93. The van der Waals surface area contributed by atoms with Gasteiger partial charge in [-0.3, -0.25) is 9.79 Å². The maximum absolute atomic E-state index is 11.5. The molecule has 110 valence electrons. The summed E-state index contributed by atoms with van der Waals surface area (Å²) in [5, 5.41) is 3.32. The highest BCUT2D eigenvalue weighted by Gasteiger charge is 2.30. The van der Waals surface area contributed by atoms with Crippen LogP contribution in [0.1, 0.15) is 33.6 Å². The molecule has 5 nitrogen and oxygen atoms in total. The van der Waals surface area contributed by atoms with Gasteiger partial charge in [-0.2, -0.15) is 0 Å². The van der Waals surface area contributed by atoms with Crippen LogP contribution in [0.3, 0.4) is 0 Å². The molecule has 0 bridgehead atoms. The van der Waals surface area contributed by atoms with Crippen LogP contribution in [-0.4, -0.2) is 61.9 Å². The zero-order chi connectivity index (χ0) is 14.5. The Bertz CT molecular complexity index is 336. The first-order valence-corrected chi connectivity index (χ1v) is 7.09. The summed E-state index contributed by atoms with van der Waals surface area (Å²) in [6.45, 7) is 10.1. The van der Waals surface area contributed by atoms with E-state index in [9.17, 15) is 4.79 Å². The number of rotatable bonds is 4. The maximum Gasteiger partial charge on any atom is 0.223 e. The fourth-order valence-electron chi connectivity index (χ4n) is 2.20. The van der Waals surface area contributed by atoms with Gasteiger partial charge in [0.2, 0.25) is 5.91 Å². The van der Waals surface area contributed by atoms with Crippen molar-refractivity contribution in [2.45, 2.75) is 33.6 Å². The summed E-state index contributed by atoms with van der Waals surface area (Å²) in [4.78, 5) is 20.0. The summed E-state index contributed by atoms with van der Waals surface area (Å²) in [5.41, 5.74) is 0.357. The number of carbonyl (C=O) groups excluding carboxylic acids is 1. The fraction of sp³-hybridized carbons (Fsp3) is 0.857. The van der Waals surface area contributed by atoms with Crippen LogP contribution in [0.4, 0.5) is 0 Å². The number of carbonyl (C=O) groups is 1. The van der Waals surface area contributed by atoms with E-state index in [4.69, 9.17) is 0 Å². The summed E-state index contributed by atoms with van der Waals surface area (Å²) in [7, 11) is 3.56. The first kappa shape index (κ1) is 15.8. The Morgan fingerprint density at radius 3 is 2.58 bits per heavy atom. The molecule has 0 unspecified atom stereocenters. The van der Waals surface area contributed by atoms with Gasteiger partial charge in [0.05, 0.1) is 6.54 Å². The first-order valence-electron chi connectivity index (χ1n) is 7.09. The Kier molecular flexibility index (Phi) is 5.63. The molecule has 1 saturated heterocycles. The molecule has 0 aromatic rings. The molecule has 0 atom stereocenters. The van der Waals surface area contributed by atoms with Crippen molar-refractivity contribution in [3.63, 3.8) is 0 Å². The second-order valence-electron chi connectivity index (χ2n) is 6.11. The van der Waals surface area contributed by atoms with Crippen molar-refractivity contribution in [2.75, 3.05) is 40.3 Å². The first-order chi connectivity index (χ1) is 8.85. The SMILES string of the molecule is CCNC(=NCCC(=O)N(C)C)N1CCC(C)(C)C1. The average Bonchev–Trinajstić information content (AvgIpc) is 2.68. The summed E-state index contributed by atoms with van der Waals surface area (Å²) < 4.78 is 0. The predicted octanol–water partition coefficient (Wildman–Crippen LogP) is 1.16. The molecule has 1 heterocycles. The summed E-state index contributed by atoms with van der Waals surface area (Å²) in [5.74, 6) is 1.07. The van der Waals surface area contributed by atoms with Gasteiger partial charge in [-0.1, -0.05) is 13.8 Å². The minimum atomic E-state index is 0.126. The van der Waals surface area contributed by atoms with Crippen LogP contribution in [0.25, 0.3) is 0 Å². The fourth-order valence-corrected chi connectivity index (χ4v) is 2.20. The monoisotopic (exact) mass is 268 g/mol. The van der Waals surface area contributed by atoms with Crippen LogP contribution < -0.4 is 5.32 Å². The normalized spacial score (nSPS) is 18.6. The van der Waals surface area contributed by atoms with Gasteiger partial charge in [0.1, 0.15) is 0 Å². The average molecular weight is 268 g/mol. The number of nitrogens with zero attached hydrogens (tertiary/aromatic N) is 3. The highest BCUT2D eigenvalue weighted by Crippen LogP contribution is 2.28. The molecule has 1 amide bonds. The topological polar surface area (TPSA) is 47.9 Å². The van der Waals surface area contributed by atoms with Crippen molar-refractivity contribution >= 4 is 11.9 Å². The molecule has 1 fully saturated rings. The van der Waals surface area contributed by atoms with Crippen LogP contribution in [0.15, 0.2) is 4.99 Å². The molecule has 0 radical (unpaired) electrons. The van der Waals surface area contributed by atoms with E-state index in [1.54, 1.807) is 19.0 Å². The van der Waals surface area contributed by atoms with Crippen LogP contribution in [-0.2, 0) is 4.79 Å². The summed E-state index contributed by atoms with van der Waals surface area (Å²) >= 11 is 0. The lowest BCUT2D eigenvalue weighted by Gasteiger charge is -2.23. The standard InChI is InChI=1S/C14H28N4O/c1-6-15-13(16-9-7-12(19)17(4)5)18-10-8-14(2,3)11-18/h6-11H2,1-5H3,(H,15,16). The number of nitrogens with one attached hydrogen (secondary N) is 1. The Balaban J connectivity index is 2.55. The lowest BCUT2D eigenvalue weighted by molar-refractivity contribution is -0.128. The molecule has 19 heavy (non-hydrogen) atoms. The highest BCUT2D eigenvalue weighted by atomic mass is 16.2. The number of amides is 1. The minimum Gasteiger partial charge on any atom is -0.357 e. The Hall–Kier alpha value is -1.26. The molecule has 0 aromatic heterocycles. The Morgan fingerprint density at radius 1 is 1.42 bits per heavy atom. The molecule has 0 spiro atoms. The van der Waals surface area contributed by atoms with E-state index in [1.165, 1.54) is 6.42 Å². The molecular weight excluding hydrogens is 240 g/mol. The number of hydrogen-bond donors (Lipinski definition) is 1. The third-order valence-electron chi connectivity index (χ3n) is 3.40. The Labute approximate surface area is 117 Å². The molecule has 1 rings (SSSR count). The third-order valence-corrected chi connectivity index (χ3v) is 3.40. The van der Waals surface area contributed by atoms with E-state index in [1.807, 2.05) is 0 Å². The van der Waals surface area contributed by atoms with Crippen molar-refractivity contribution in [3.05, 3.63) is 0 Å². The zero-order valence-corrected chi connectivity index (χ0v) is 13.0. The molecule has 5 heteroatoms. The largest absolute Gasteiger partial charge is 0.357 e. The van der Waals surface area contributed by atoms with Crippen molar-refractivity contribution < 1.29 is 4.79 Å². The maximum atomic E-state index is 11.5. The van der Waals surface area contributed by atoms with Gasteiger partial charge in [-0.05, 0) is 18.8 Å². The number of guanidine groups is 1. The molecule has 0 saturated carbocycles. The molecule has 0 aliphatic carbocycles. The van der Waals surface area contributed by atoms with Crippen molar-refractivity contribution in [1.29, 1.82) is 0 Å². The van der Waals surface area contributed by atoms with Gasteiger partial charge in [-0.15, -0.1) is 0 Å². The molecule has 1 N–H and O–H groups in total. The van der Waals surface area contributed by atoms with Crippen LogP contribution in [0, 0.1) is 5.41 Å². The van der Waals surface area contributed by atoms with Crippen LogP contribution >= 0.6 is 0 Å². The van der Waals surface area contributed by atoms with Gasteiger partial charge in [0.15, 0.2) is 5.96 Å².